The van der Waals surface area contributed by atoms with Crippen molar-refractivity contribution in [3.63, 3.8) is 0 Å². The van der Waals surface area contributed by atoms with Crippen LogP contribution in [0, 0.1) is 11.6 Å². The highest BCUT2D eigenvalue weighted by atomic mass is 32.1. The van der Waals surface area contributed by atoms with Crippen molar-refractivity contribution in [3.05, 3.63) is 64.7 Å². The Kier molecular flexibility index (Phi) is 3.94. The predicted molar refractivity (Wildman–Crippen MR) is 81.2 cm³/mol. The number of hydrogen-bond acceptors (Lipinski definition) is 3. The molecule has 0 aliphatic carbocycles. The van der Waals surface area contributed by atoms with Crippen molar-refractivity contribution in [2.45, 2.75) is 19.5 Å². The highest BCUT2D eigenvalue weighted by molar-refractivity contribution is 7.18. The van der Waals surface area contributed by atoms with Crippen LogP contribution >= 0.6 is 11.3 Å². The molecule has 1 unspecified atom stereocenters. The fraction of sp³-hybridized carbons (Fsp3) is 0.188. The lowest BCUT2D eigenvalue weighted by Crippen LogP contribution is -2.18. The molecule has 1 aromatic heterocycles. The van der Waals surface area contributed by atoms with Crippen LogP contribution in [0.3, 0.4) is 0 Å². The van der Waals surface area contributed by atoms with Gasteiger partial charge in [0.15, 0.2) is 0 Å². The second-order valence-electron chi connectivity index (χ2n) is 4.86. The van der Waals surface area contributed by atoms with E-state index in [0.717, 1.165) is 27.4 Å². The van der Waals surface area contributed by atoms with Gasteiger partial charge < -0.3 is 5.32 Å². The molecule has 0 aliphatic rings. The lowest BCUT2D eigenvalue weighted by molar-refractivity contribution is 0.534. The summed E-state index contributed by atoms with van der Waals surface area (Å²) in [7, 11) is 0. The zero-order valence-corrected chi connectivity index (χ0v) is 12.3. The van der Waals surface area contributed by atoms with Gasteiger partial charge in [-0.2, -0.15) is 0 Å². The topological polar surface area (TPSA) is 24.9 Å². The maximum Gasteiger partial charge on any atom is 0.127 e. The molecule has 3 rings (SSSR count). The molecule has 1 heterocycles. The molecule has 0 aliphatic heterocycles. The van der Waals surface area contributed by atoms with Crippen LogP contribution in [0.4, 0.5) is 8.78 Å². The van der Waals surface area contributed by atoms with Crippen LogP contribution < -0.4 is 5.32 Å². The summed E-state index contributed by atoms with van der Waals surface area (Å²) in [5.41, 5.74) is 1.28. The molecule has 0 spiro atoms. The molecule has 5 heteroatoms. The van der Waals surface area contributed by atoms with E-state index in [4.69, 9.17) is 0 Å². The summed E-state index contributed by atoms with van der Waals surface area (Å²) >= 11 is 1.61. The molecule has 0 amide bonds. The van der Waals surface area contributed by atoms with Crippen molar-refractivity contribution in [1.82, 2.24) is 10.3 Å². The highest BCUT2D eigenvalue weighted by Crippen LogP contribution is 2.26. The molecule has 3 aromatic rings. The average Bonchev–Trinajstić information content (AvgIpc) is 2.92. The largest absolute Gasteiger partial charge is 0.304 e. The van der Waals surface area contributed by atoms with Crippen LogP contribution in [-0.4, -0.2) is 4.98 Å². The second kappa shape index (κ2) is 5.87. The molecule has 1 N–H and O–H groups in total. The summed E-state index contributed by atoms with van der Waals surface area (Å²) in [5.74, 6) is -0.832. The van der Waals surface area contributed by atoms with E-state index < -0.39 is 11.6 Å². The minimum atomic E-state index is -0.430. The number of para-hydroxylation sites is 1. The minimum Gasteiger partial charge on any atom is -0.304 e. The molecule has 108 valence electrons. The number of nitrogens with one attached hydrogen (secondary N) is 1. The number of hydrogen-bond donors (Lipinski definition) is 1. The van der Waals surface area contributed by atoms with Gasteiger partial charge in [-0.25, -0.2) is 13.8 Å². The van der Waals surface area contributed by atoms with Crippen LogP contribution in [0.25, 0.3) is 10.2 Å². The van der Waals surface area contributed by atoms with Gasteiger partial charge in [0, 0.05) is 12.1 Å². The summed E-state index contributed by atoms with van der Waals surface area (Å²) in [5, 5.41) is 4.12. The number of fused-ring (bicyclic) bond motifs is 1. The Morgan fingerprint density at radius 1 is 1.19 bits per heavy atom. The molecule has 21 heavy (non-hydrogen) atoms. The third kappa shape index (κ3) is 3.09. The highest BCUT2D eigenvalue weighted by Gasteiger charge is 2.12. The molecule has 0 fully saturated rings. The first-order valence-corrected chi connectivity index (χ1v) is 7.48. The molecule has 0 bridgehead atoms. The van der Waals surface area contributed by atoms with Gasteiger partial charge >= 0.3 is 0 Å². The van der Waals surface area contributed by atoms with Gasteiger partial charge in [-0.15, -0.1) is 11.3 Å². The Hall–Kier alpha value is -1.85. The lowest BCUT2D eigenvalue weighted by Gasteiger charge is -2.11. The zero-order chi connectivity index (χ0) is 14.8. The smallest absolute Gasteiger partial charge is 0.127 e. The van der Waals surface area contributed by atoms with E-state index >= 15 is 0 Å². The second-order valence-corrected chi connectivity index (χ2v) is 5.92. The first-order chi connectivity index (χ1) is 10.1. The van der Waals surface area contributed by atoms with Gasteiger partial charge in [-0.05, 0) is 37.3 Å². The third-order valence-electron chi connectivity index (χ3n) is 3.29. The minimum absolute atomic E-state index is 0.0231. The van der Waals surface area contributed by atoms with Gasteiger partial charge in [0.05, 0.1) is 16.3 Å². The number of halogens is 2. The lowest BCUT2D eigenvalue weighted by atomic mass is 10.2. The van der Waals surface area contributed by atoms with Crippen molar-refractivity contribution < 1.29 is 8.78 Å². The van der Waals surface area contributed by atoms with Gasteiger partial charge in [0.2, 0.25) is 0 Å². The van der Waals surface area contributed by atoms with E-state index in [1.54, 1.807) is 11.3 Å². The van der Waals surface area contributed by atoms with E-state index in [9.17, 15) is 8.78 Å². The molecule has 2 nitrogen and oxygen atoms in total. The number of rotatable bonds is 4. The Bertz CT molecular complexity index is 737. The molecule has 0 radical (unpaired) electrons. The zero-order valence-electron chi connectivity index (χ0n) is 11.4. The van der Waals surface area contributed by atoms with Crippen LogP contribution in [0.2, 0.25) is 0 Å². The van der Waals surface area contributed by atoms with Crippen molar-refractivity contribution in [3.8, 4) is 0 Å². The van der Waals surface area contributed by atoms with E-state index in [1.807, 2.05) is 31.2 Å². The summed E-state index contributed by atoms with van der Waals surface area (Å²) in [6.45, 7) is 2.23. The quantitative estimate of drug-likeness (QED) is 0.771. The molecular weight excluding hydrogens is 290 g/mol. The van der Waals surface area contributed by atoms with Crippen molar-refractivity contribution in [2.24, 2.45) is 0 Å². The normalized spacial score (nSPS) is 12.7. The van der Waals surface area contributed by atoms with Gasteiger partial charge in [0.1, 0.15) is 16.6 Å². The van der Waals surface area contributed by atoms with Crippen LogP contribution in [0.5, 0.6) is 0 Å². The van der Waals surface area contributed by atoms with Crippen LogP contribution in [0.15, 0.2) is 42.5 Å². The fourth-order valence-corrected chi connectivity index (χ4v) is 3.10. The number of nitrogens with zero attached hydrogens (tertiary/aromatic N) is 1. The number of thiazole rings is 1. The molecular formula is C16H14F2N2S. The SMILES string of the molecule is CC(NCc1cc(F)ccc1F)c1nc2ccccc2s1. The summed E-state index contributed by atoms with van der Waals surface area (Å²) in [4.78, 5) is 4.55. The van der Waals surface area contributed by atoms with Crippen LogP contribution in [0.1, 0.15) is 23.5 Å². The third-order valence-corrected chi connectivity index (χ3v) is 4.51. The van der Waals surface area contributed by atoms with Crippen molar-refractivity contribution in [2.75, 3.05) is 0 Å². The number of benzene rings is 2. The standard InChI is InChI=1S/C16H14F2N2S/c1-10(16-20-14-4-2-3-5-15(14)21-16)19-9-11-8-12(17)6-7-13(11)18/h2-8,10,19H,9H2,1H3. The van der Waals surface area contributed by atoms with Crippen molar-refractivity contribution >= 4 is 21.6 Å². The first kappa shape index (κ1) is 14.1. The summed E-state index contributed by atoms with van der Waals surface area (Å²) < 4.78 is 27.8. The van der Waals surface area contributed by atoms with Crippen molar-refractivity contribution in [1.29, 1.82) is 0 Å². The first-order valence-electron chi connectivity index (χ1n) is 6.66. The van der Waals surface area contributed by atoms with E-state index in [0.29, 0.717) is 5.56 Å². The van der Waals surface area contributed by atoms with E-state index in [-0.39, 0.29) is 12.6 Å². The molecule has 1 atom stereocenters. The maximum absolute atomic E-state index is 13.6. The number of aromatic nitrogens is 1. The molecule has 2 aromatic carbocycles. The van der Waals surface area contributed by atoms with Gasteiger partial charge in [-0.1, -0.05) is 12.1 Å². The van der Waals surface area contributed by atoms with Gasteiger partial charge in [0.25, 0.3) is 0 Å². The molecule has 0 saturated carbocycles. The summed E-state index contributed by atoms with van der Waals surface area (Å²) in [6, 6.07) is 11.4. The summed E-state index contributed by atoms with van der Waals surface area (Å²) in [6.07, 6.45) is 0. The van der Waals surface area contributed by atoms with E-state index in [1.165, 1.54) is 6.07 Å². The molecule has 0 saturated heterocycles. The van der Waals surface area contributed by atoms with E-state index in [2.05, 4.69) is 10.3 Å². The Balaban J connectivity index is 1.74. The fourth-order valence-electron chi connectivity index (χ4n) is 2.10. The monoisotopic (exact) mass is 304 g/mol. The van der Waals surface area contributed by atoms with Crippen LogP contribution in [-0.2, 0) is 6.54 Å². The Morgan fingerprint density at radius 2 is 2.00 bits per heavy atom. The Morgan fingerprint density at radius 3 is 2.81 bits per heavy atom. The Labute approximate surface area is 125 Å². The maximum atomic E-state index is 13.6. The average molecular weight is 304 g/mol. The predicted octanol–water partition coefficient (Wildman–Crippen LogP) is 4.43. The van der Waals surface area contributed by atoms with Gasteiger partial charge in [-0.3, -0.25) is 0 Å².